The number of carbonyl (C=O) groups excluding carboxylic acids is 2. The maximum absolute atomic E-state index is 11.3. The molecule has 7 nitrogen and oxygen atoms in total. The molecule has 3 N–H and O–H groups in total. The van der Waals surface area contributed by atoms with Gasteiger partial charge in [-0.25, -0.2) is 10.3 Å². The second-order valence-electron chi connectivity index (χ2n) is 4.13. The van der Waals surface area contributed by atoms with Crippen LogP contribution in [0.4, 0.5) is 4.79 Å². The van der Waals surface area contributed by atoms with E-state index in [9.17, 15) is 9.59 Å². The Labute approximate surface area is 94.1 Å². The summed E-state index contributed by atoms with van der Waals surface area (Å²) in [5.74, 6) is -0.771. The Morgan fingerprint density at radius 1 is 1.38 bits per heavy atom. The van der Waals surface area contributed by atoms with Crippen molar-refractivity contribution in [2.45, 2.75) is 32.4 Å². The summed E-state index contributed by atoms with van der Waals surface area (Å²) in [5.41, 5.74) is 0.773. The van der Waals surface area contributed by atoms with Gasteiger partial charge in [0, 0.05) is 7.11 Å². The van der Waals surface area contributed by atoms with Gasteiger partial charge in [-0.15, -0.1) is 0 Å². The van der Waals surface area contributed by atoms with Crippen molar-refractivity contribution in [3.63, 3.8) is 0 Å². The molecule has 0 heterocycles. The van der Waals surface area contributed by atoms with E-state index in [4.69, 9.17) is 14.7 Å². The monoisotopic (exact) mass is 234 g/mol. The number of hydrogen-bond donors (Lipinski definition) is 3. The van der Waals surface area contributed by atoms with E-state index < -0.39 is 23.6 Å². The van der Waals surface area contributed by atoms with Gasteiger partial charge in [-0.05, 0) is 20.8 Å². The van der Waals surface area contributed by atoms with E-state index in [-0.39, 0.29) is 6.61 Å². The normalized spacial score (nSPS) is 12.8. The highest BCUT2D eigenvalue weighted by Gasteiger charge is 2.23. The third-order valence-corrected chi connectivity index (χ3v) is 1.45. The highest BCUT2D eigenvalue weighted by molar-refractivity contribution is 5.84. The first-order chi connectivity index (χ1) is 7.30. The topological polar surface area (TPSA) is 96.9 Å². The van der Waals surface area contributed by atoms with Gasteiger partial charge in [0.05, 0.1) is 6.61 Å². The number of hydrogen-bond acceptors (Lipinski definition) is 5. The zero-order valence-electron chi connectivity index (χ0n) is 9.86. The van der Waals surface area contributed by atoms with E-state index in [2.05, 4.69) is 5.32 Å². The lowest BCUT2D eigenvalue weighted by molar-refractivity contribution is -0.132. The lowest BCUT2D eigenvalue weighted by Crippen LogP contribution is -2.49. The van der Waals surface area contributed by atoms with Crippen LogP contribution in [-0.2, 0) is 14.3 Å². The molecule has 0 radical (unpaired) electrons. The van der Waals surface area contributed by atoms with E-state index in [0.29, 0.717) is 0 Å². The van der Waals surface area contributed by atoms with Crippen molar-refractivity contribution in [1.82, 2.24) is 10.8 Å². The van der Waals surface area contributed by atoms with Gasteiger partial charge in [-0.3, -0.25) is 10.0 Å². The number of methoxy groups -OCH3 is 1. The highest BCUT2D eigenvalue weighted by Crippen LogP contribution is 2.06. The van der Waals surface area contributed by atoms with Crippen molar-refractivity contribution in [3.05, 3.63) is 0 Å². The molecular formula is C9H18N2O5. The zero-order valence-corrected chi connectivity index (χ0v) is 9.86. The third kappa shape index (κ3) is 6.20. The predicted octanol–water partition coefficient (Wildman–Crippen LogP) is 0.0315. The first-order valence-electron chi connectivity index (χ1n) is 4.72. The molecular weight excluding hydrogens is 216 g/mol. The minimum Gasteiger partial charge on any atom is -0.444 e. The largest absolute Gasteiger partial charge is 0.444 e. The van der Waals surface area contributed by atoms with E-state index >= 15 is 0 Å². The Balaban J connectivity index is 4.29. The van der Waals surface area contributed by atoms with Crippen molar-refractivity contribution in [2.75, 3.05) is 13.7 Å². The second kappa shape index (κ2) is 6.29. The summed E-state index contributed by atoms with van der Waals surface area (Å²) in [6, 6.07) is -0.996. The summed E-state index contributed by atoms with van der Waals surface area (Å²) in [6.45, 7) is 5.03. The first-order valence-corrected chi connectivity index (χ1v) is 4.72. The van der Waals surface area contributed by atoms with Crippen LogP contribution in [0.1, 0.15) is 20.8 Å². The van der Waals surface area contributed by atoms with E-state index in [1.165, 1.54) is 12.6 Å². The Hall–Kier alpha value is -1.34. The smallest absolute Gasteiger partial charge is 0.408 e. The molecule has 0 rings (SSSR count). The van der Waals surface area contributed by atoms with E-state index in [1.807, 2.05) is 0 Å². The van der Waals surface area contributed by atoms with E-state index in [0.717, 1.165) is 0 Å². The van der Waals surface area contributed by atoms with Gasteiger partial charge in [0.1, 0.15) is 11.6 Å². The molecule has 94 valence electrons. The van der Waals surface area contributed by atoms with Gasteiger partial charge in [-0.1, -0.05) is 0 Å². The molecule has 2 amide bonds. The van der Waals surface area contributed by atoms with Crippen LogP contribution >= 0.6 is 0 Å². The molecule has 0 fully saturated rings. The van der Waals surface area contributed by atoms with Crippen LogP contribution in [0, 0.1) is 0 Å². The number of hydroxylamine groups is 1. The van der Waals surface area contributed by atoms with Crippen molar-refractivity contribution in [2.24, 2.45) is 0 Å². The predicted molar refractivity (Wildman–Crippen MR) is 55.0 cm³/mol. The van der Waals surface area contributed by atoms with Gasteiger partial charge in [0.2, 0.25) is 0 Å². The molecule has 0 aromatic carbocycles. The minimum absolute atomic E-state index is 0.0639. The van der Waals surface area contributed by atoms with E-state index in [1.54, 1.807) is 20.8 Å². The molecule has 0 bridgehead atoms. The van der Waals surface area contributed by atoms with Crippen LogP contribution in [0.15, 0.2) is 0 Å². The SMILES string of the molecule is COC[C@@H](NC(=O)OC(C)(C)C)C(=O)NO. The molecule has 0 saturated carbocycles. The Bertz CT molecular complexity index is 249. The van der Waals surface area contributed by atoms with Crippen molar-refractivity contribution < 1.29 is 24.3 Å². The summed E-state index contributed by atoms with van der Waals surface area (Å²) < 4.78 is 9.66. The van der Waals surface area contributed by atoms with Crippen LogP contribution < -0.4 is 10.8 Å². The fourth-order valence-electron chi connectivity index (χ4n) is 0.877. The van der Waals surface area contributed by atoms with Gasteiger partial charge in [-0.2, -0.15) is 0 Å². The lowest BCUT2D eigenvalue weighted by Gasteiger charge is -2.22. The zero-order chi connectivity index (χ0) is 12.8. The molecule has 16 heavy (non-hydrogen) atoms. The fraction of sp³-hybridized carbons (Fsp3) is 0.778. The number of ether oxygens (including phenoxy) is 2. The highest BCUT2D eigenvalue weighted by atomic mass is 16.6. The van der Waals surface area contributed by atoms with Crippen LogP contribution in [0.3, 0.4) is 0 Å². The average Bonchev–Trinajstić information content (AvgIpc) is 2.13. The van der Waals surface area contributed by atoms with Gasteiger partial charge in [0.25, 0.3) is 5.91 Å². The van der Waals surface area contributed by atoms with Gasteiger partial charge < -0.3 is 14.8 Å². The van der Waals surface area contributed by atoms with Crippen molar-refractivity contribution in [3.8, 4) is 0 Å². The Morgan fingerprint density at radius 2 is 1.94 bits per heavy atom. The molecule has 0 aliphatic rings. The van der Waals surface area contributed by atoms with Crippen LogP contribution in [0.2, 0.25) is 0 Å². The summed E-state index contributed by atoms with van der Waals surface area (Å²) in [6.07, 6.45) is -0.752. The molecule has 0 spiro atoms. The van der Waals surface area contributed by atoms with Crippen molar-refractivity contribution in [1.29, 1.82) is 0 Å². The number of amides is 2. The molecule has 0 aromatic rings. The molecule has 0 saturated heterocycles. The maximum atomic E-state index is 11.3. The standard InChI is InChI=1S/C9H18N2O5/c1-9(2,3)16-8(13)10-6(5-15-4)7(12)11-14/h6,14H,5H2,1-4H3,(H,10,13)(H,11,12)/t6-/m1/s1. The summed E-state index contributed by atoms with van der Waals surface area (Å²) >= 11 is 0. The Kier molecular flexibility index (Phi) is 5.76. The van der Waals surface area contributed by atoms with Gasteiger partial charge >= 0.3 is 6.09 Å². The molecule has 7 heteroatoms. The summed E-state index contributed by atoms with van der Waals surface area (Å²) in [4.78, 5) is 22.4. The third-order valence-electron chi connectivity index (χ3n) is 1.45. The first kappa shape index (κ1) is 14.7. The number of nitrogens with one attached hydrogen (secondary N) is 2. The number of rotatable bonds is 4. The Morgan fingerprint density at radius 3 is 2.31 bits per heavy atom. The second-order valence-corrected chi connectivity index (χ2v) is 4.13. The quantitative estimate of drug-likeness (QED) is 0.471. The number of alkyl carbamates (subject to hydrolysis) is 1. The fourth-order valence-corrected chi connectivity index (χ4v) is 0.877. The van der Waals surface area contributed by atoms with Crippen LogP contribution in [0.25, 0.3) is 0 Å². The summed E-state index contributed by atoms with van der Waals surface area (Å²) in [5, 5.41) is 10.7. The number of carbonyl (C=O) groups is 2. The van der Waals surface area contributed by atoms with Crippen molar-refractivity contribution >= 4 is 12.0 Å². The molecule has 1 atom stereocenters. The molecule has 0 aliphatic carbocycles. The van der Waals surface area contributed by atoms with Gasteiger partial charge in [0.15, 0.2) is 0 Å². The average molecular weight is 234 g/mol. The maximum Gasteiger partial charge on any atom is 0.408 e. The minimum atomic E-state index is -0.996. The van der Waals surface area contributed by atoms with Crippen LogP contribution in [-0.4, -0.2) is 42.6 Å². The lowest BCUT2D eigenvalue weighted by atomic mass is 10.2. The molecule has 0 unspecified atom stereocenters. The molecule has 0 aliphatic heterocycles. The van der Waals surface area contributed by atoms with Crippen LogP contribution in [0.5, 0.6) is 0 Å². The molecule has 0 aromatic heterocycles. The summed E-state index contributed by atoms with van der Waals surface area (Å²) in [7, 11) is 1.37.